The average Bonchev–Trinajstić information content (AvgIpc) is 2.99. The zero-order valence-corrected chi connectivity index (χ0v) is 30.9. The van der Waals surface area contributed by atoms with Crippen molar-refractivity contribution in [2.24, 2.45) is 0 Å². The Bertz CT molecular complexity index is 897. The number of quaternary nitrogens is 1. The number of carbonyl (C=O) groups is 1. The van der Waals surface area contributed by atoms with Gasteiger partial charge < -0.3 is 28.8 Å². The fraction of sp³-hybridized carbons (Fsp3) is 0.757. The third kappa shape index (κ3) is 31.1. The molecule has 0 rings (SSSR count). The molecule has 9 heteroatoms. The van der Waals surface area contributed by atoms with E-state index in [2.05, 4.69) is 67.8 Å². The van der Waals surface area contributed by atoms with Crippen LogP contribution in [0.5, 0.6) is 0 Å². The van der Waals surface area contributed by atoms with Crippen molar-refractivity contribution in [1.82, 2.24) is 5.32 Å². The van der Waals surface area contributed by atoms with E-state index in [0.29, 0.717) is 30.3 Å². The van der Waals surface area contributed by atoms with Crippen LogP contribution >= 0.6 is 7.82 Å². The van der Waals surface area contributed by atoms with Gasteiger partial charge in [0, 0.05) is 6.42 Å². The smallest absolute Gasteiger partial charge is 0.268 e. The highest BCUT2D eigenvalue weighted by molar-refractivity contribution is 7.45. The topological polar surface area (TPSA) is 108 Å². The molecule has 0 radical (unpaired) electrons. The molecule has 0 aliphatic carbocycles. The molecule has 0 saturated carbocycles. The molecule has 0 heterocycles. The van der Waals surface area contributed by atoms with Crippen molar-refractivity contribution in [1.29, 1.82) is 0 Å². The van der Waals surface area contributed by atoms with Gasteiger partial charge in [-0.15, -0.1) is 0 Å². The third-order valence-corrected chi connectivity index (χ3v) is 8.55. The summed E-state index contributed by atoms with van der Waals surface area (Å²) in [4.78, 5) is 25.1. The molecule has 0 spiro atoms. The van der Waals surface area contributed by atoms with E-state index in [0.717, 1.165) is 57.8 Å². The maximum absolute atomic E-state index is 12.7. The summed E-state index contributed by atoms with van der Waals surface area (Å²) in [5.74, 6) is -0.212. The van der Waals surface area contributed by atoms with Gasteiger partial charge in [-0.1, -0.05) is 120 Å². The summed E-state index contributed by atoms with van der Waals surface area (Å²) < 4.78 is 23.0. The molecule has 0 saturated heterocycles. The lowest BCUT2D eigenvalue weighted by molar-refractivity contribution is -0.870. The van der Waals surface area contributed by atoms with Crippen molar-refractivity contribution in [3.05, 3.63) is 48.6 Å². The van der Waals surface area contributed by atoms with Crippen molar-refractivity contribution >= 4 is 13.7 Å². The lowest BCUT2D eigenvalue weighted by Gasteiger charge is -2.30. The zero-order chi connectivity index (χ0) is 34.4. The fourth-order valence-corrected chi connectivity index (χ4v) is 5.40. The van der Waals surface area contributed by atoms with Crippen LogP contribution in [0.3, 0.4) is 0 Å². The summed E-state index contributed by atoms with van der Waals surface area (Å²) in [6, 6.07) is -0.819. The Morgan fingerprint density at radius 2 is 1.33 bits per heavy atom. The second kappa shape index (κ2) is 29.6. The minimum atomic E-state index is -4.56. The first-order valence-electron chi connectivity index (χ1n) is 18.0. The first kappa shape index (κ1) is 44.5. The van der Waals surface area contributed by atoms with Crippen LogP contribution in [0.2, 0.25) is 0 Å². The summed E-state index contributed by atoms with van der Waals surface area (Å²) in [5, 5.41) is 13.7. The quantitative estimate of drug-likeness (QED) is 0.0333. The van der Waals surface area contributed by atoms with E-state index in [-0.39, 0.29) is 19.1 Å². The van der Waals surface area contributed by atoms with Crippen LogP contribution in [-0.4, -0.2) is 68.5 Å². The minimum Gasteiger partial charge on any atom is -0.756 e. The number of carbonyl (C=O) groups excluding carboxylic acids is 1. The number of amides is 1. The number of phosphoric ester groups is 1. The maximum Gasteiger partial charge on any atom is 0.268 e. The average molecular weight is 669 g/mol. The number of nitrogens with one attached hydrogen (secondary N) is 1. The highest BCUT2D eigenvalue weighted by Crippen LogP contribution is 2.38. The van der Waals surface area contributed by atoms with Gasteiger partial charge in [-0.2, -0.15) is 0 Å². The Kier molecular flexibility index (Phi) is 28.6. The predicted molar refractivity (Wildman–Crippen MR) is 191 cm³/mol. The molecule has 46 heavy (non-hydrogen) atoms. The van der Waals surface area contributed by atoms with E-state index in [1.807, 2.05) is 21.1 Å². The normalized spacial score (nSPS) is 15.4. The molecule has 3 atom stereocenters. The van der Waals surface area contributed by atoms with Crippen LogP contribution in [0.25, 0.3) is 0 Å². The Hall–Kier alpha value is -1.54. The van der Waals surface area contributed by atoms with E-state index < -0.39 is 20.0 Å². The highest BCUT2D eigenvalue weighted by atomic mass is 31.2. The number of hydrogen-bond donors (Lipinski definition) is 2. The van der Waals surface area contributed by atoms with E-state index in [9.17, 15) is 19.4 Å². The van der Waals surface area contributed by atoms with Gasteiger partial charge in [-0.05, 0) is 51.4 Å². The molecule has 0 fully saturated rings. The number of allylic oxidation sites excluding steroid dienone is 8. The van der Waals surface area contributed by atoms with Crippen LogP contribution < -0.4 is 10.2 Å². The number of aliphatic hydroxyl groups excluding tert-OH is 1. The Labute approximate surface area is 282 Å². The van der Waals surface area contributed by atoms with Crippen LogP contribution in [0.15, 0.2) is 48.6 Å². The molecule has 2 N–H and O–H groups in total. The van der Waals surface area contributed by atoms with Crippen molar-refractivity contribution in [3.63, 3.8) is 0 Å². The van der Waals surface area contributed by atoms with E-state index in [1.165, 1.54) is 38.5 Å². The minimum absolute atomic E-state index is 0.00157. The van der Waals surface area contributed by atoms with Gasteiger partial charge in [0.15, 0.2) is 0 Å². The second-order valence-corrected chi connectivity index (χ2v) is 14.6. The van der Waals surface area contributed by atoms with E-state index in [4.69, 9.17) is 9.05 Å². The molecular formula is C37H69N2O6P. The lowest BCUT2D eigenvalue weighted by Crippen LogP contribution is -2.46. The Morgan fingerprint density at radius 3 is 1.89 bits per heavy atom. The van der Waals surface area contributed by atoms with Crippen LogP contribution in [0.4, 0.5) is 0 Å². The number of phosphoric acid groups is 1. The monoisotopic (exact) mass is 668 g/mol. The molecular weight excluding hydrogens is 599 g/mol. The molecule has 268 valence electrons. The summed E-state index contributed by atoms with van der Waals surface area (Å²) >= 11 is 0. The number of likely N-dealkylation sites (N-methyl/N-ethyl adjacent to an activating group) is 1. The fourth-order valence-electron chi connectivity index (χ4n) is 4.67. The summed E-state index contributed by atoms with van der Waals surface area (Å²) in [5.41, 5.74) is 0. The predicted octanol–water partition coefficient (Wildman–Crippen LogP) is 8.33. The van der Waals surface area contributed by atoms with Gasteiger partial charge in [-0.25, -0.2) is 0 Å². The SMILES string of the molecule is CC/C=C\C/C=C\C/C=C\C/C=C\CCCCC(=O)NC(COP(=O)([O-])OCC[N+](C)(C)C)C(O)CCCCCCCCCCC. The molecule has 3 unspecified atom stereocenters. The van der Waals surface area contributed by atoms with Crippen molar-refractivity contribution in [2.75, 3.05) is 40.9 Å². The number of nitrogens with zero attached hydrogens (tertiary/aromatic N) is 1. The van der Waals surface area contributed by atoms with Crippen LogP contribution in [0, 0.1) is 0 Å². The highest BCUT2D eigenvalue weighted by Gasteiger charge is 2.24. The molecule has 0 aromatic heterocycles. The number of rotatable bonds is 31. The first-order valence-corrected chi connectivity index (χ1v) is 19.4. The Balaban J connectivity index is 4.58. The lowest BCUT2D eigenvalue weighted by atomic mass is 10.0. The van der Waals surface area contributed by atoms with Crippen molar-refractivity contribution < 1.29 is 32.9 Å². The Morgan fingerprint density at radius 1 is 0.783 bits per heavy atom. The molecule has 1 amide bonds. The van der Waals surface area contributed by atoms with Gasteiger partial charge >= 0.3 is 0 Å². The van der Waals surface area contributed by atoms with Gasteiger partial charge in [0.2, 0.25) is 5.91 Å². The number of unbranched alkanes of at least 4 members (excludes halogenated alkanes) is 10. The molecule has 0 aromatic carbocycles. The number of hydrogen-bond acceptors (Lipinski definition) is 6. The van der Waals surface area contributed by atoms with Gasteiger partial charge in [0.1, 0.15) is 13.2 Å². The maximum atomic E-state index is 12.7. The zero-order valence-electron chi connectivity index (χ0n) is 30.0. The van der Waals surface area contributed by atoms with Crippen LogP contribution in [0.1, 0.15) is 129 Å². The molecule has 0 aliphatic rings. The van der Waals surface area contributed by atoms with Gasteiger partial charge in [-0.3, -0.25) is 9.36 Å². The standard InChI is InChI=1S/C37H69N2O6P/c1-6-8-10-12-14-16-17-18-19-20-21-23-25-27-29-31-37(41)38-35(34-45-46(42,43)44-33-32-39(3,4)5)36(40)30-28-26-24-22-15-13-11-9-7-2/h8,10,14,16,18-19,21,23,35-36,40H,6-7,9,11-13,15,17,20,22,24-34H2,1-5H3,(H-,38,41,42,43)/b10-8-,16-14-,19-18-,23-21-. The second-order valence-electron chi connectivity index (χ2n) is 13.2. The van der Waals surface area contributed by atoms with Crippen LogP contribution in [-0.2, 0) is 18.4 Å². The summed E-state index contributed by atoms with van der Waals surface area (Å²) in [6.45, 7) is 4.50. The van der Waals surface area contributed by atoms with E-state index in [1.54, 1.807) is 0 Å². The molecule has 0 aromatic rings. The summed E-state index contributed by atoms with van der Waals surface area (Å²) in [6.07, 6.45) is 34.1. The molecule has 8 nitrogen and oxygen atoms in total. The molecule has 0 bridgehead atoms. The molecule has 0 aliphatic heterocycles. The van der Waals surface area contributed by atoms with Gasteiger partial charge in [0.25, 0.3) is 7.82 Å². The van der Waals surface area contributed by atoms with Gasteiger partial charge in [0.05, 0.1) is 39.9 Å². The number of aliphatic hydroxyl groups is 1. The van der Waals surface area contributed by atoms with Crippen molar-refractivity contribution in [3.8, 4) is 0 Å². The largest absolute Gasteiger partial charge is 0.756 e. The van der Waals surface area contributed by atoms with E-state index >= 15 is 0 Å². The first-order chi connectivity index (χ1) is 22.0. The third-order valence-electron chi connectivity index (χ3n) is 7.58. The van der Waals surface area contributed by atoms with Crippen molar-refractivity contribution in [2.45, 2.75) is 142 Å². The summed E-state index contributed by atoms with van der Waals surface area (Å²) in [7, 11) is 1.26.